The van der Waals surface area contributed by atoms with Crippen LogP contribution in [0.3, 0.4) is 0 Å². The Kier molecular flexibility index (Phi) is 8.81. The van der Waals surface area contributed by atoms with Gasteiger partial charge in [0, 0.05) is 6.66 Å². The molecule has 0 radical (unpaired) electrons. The Labute approximate surface area is 75.6 Å². The molecule has 0 aromatic carbocycles. The fraction of sp³-hybridized carbons (Fsp3) is 0.875. The molecule has 0 amide bonds. The Morgan fingerprint density at radius 3 is 2.58 bits per heavy atom. The Balaban J connectivity index is 3.11. The molecular weight excluding hydrogens is 173 g/mol. The number of hydrogen-bond acceptors (Lipinski definition) is 3. The number of unbranched alkanes of at least 4 members (excludes halogenated alkanes) is 1. The van der Waals surface area contributed by atoms with Gasteiger partial charge in [0.1, 0.15) is 0 Å². The van der Waals surface area contributed by atoms with Crippen molar-refractivity contribution in [1.29, 1.82) is 5.26 Å². The quantitative estimate of drug-likeness (QED) is 0.456. The first-order chi connectivity index (χ1) is 5.81. The highest BCUT2D eigenvalue weighted by Crippen LogP contribution is 2.33. The predicted octanol–water partition coefficient (Wildman–Crippen LogP) is 2.68. The van der Waals surface area contributed by atoms with Crippen LogP contribution < -0.4 is 0 Å². The molecule has 0 aliphatic heterocycles. The summed E-state index contributed by atoms with van der Waals surface area (Å²) >= 11 is 0. The number of hydrogen-bond donors (Lipinski definition) is 0. The van der Waals surface area contributed by atoms with Gasteiger partial charge in [-0.05, 0) is 6.42 Å². The van der Waals surface area contributed by atoms with Crippen molar-refractivity contribution in [3.63, 3.8) is 0 Å². The molecule has 0 rings (SSSR count). The van der Waals surface area contributed by atoms with Gasteiger partial charge in [-0.25, -0.2) is 0 Å². The van der Waals surface area contributed by atoms with Gasteiger partial charge in [0.2, 0.25) is 0 Å². The number of rotatable bonds is 7. The lowest BCUT2D eigenvalue weighted by Gasteiger charge is -2.10. The SMILES string of the molecule is CCCCOP(C)OCCC#N. The summed E-state index contributed by atoms with van der Waals surface area (Å²) in [5.74, 6) is 0. The smallest absolute Gasteiger partial charge is 0.167 e. The molecule has 70 valence electrons. The summed E-state index contributed by atoms with van der Waals surface area (Å²) in [6, 6.07) is 2.02. The van der Waals surface area contributed by atoms with Crippen LogP contribution in [0.5, 0.6) is 0 Å². The molecule has 3 nitrogen and oxygen atoms in total. The van der Waals surface area contributed by atoms with E-state index in [1.54, 1.807) is 0 Å². The largest absolute Gasteiger partial charge is 0.334 e. The van der Waals surface area contributed by atoms with Gasteiger partial charge in [0.25, 0.3) is 0 Å². The summed E-state index contributed by atoms with van der Waals surface area (Å²) in [5, 5.41) is 8.23. The fourth-order valence-corrected chi connectivity index (χ4v) is 1.40. The average Bonchev–Trinajstić information content (AvgIpc) is 2.06. The van der Waals surface area contributed by atoms with Crippen LogP contribution >= 0.6 is 8.38 Å². The van der Waals surface area contributed by atoms with E-state index in [4.69, 9.17) is 14.3 Å². The number of nitrogens with zero attached hydrogens (tertiary/aromatic N) is 1. The molecule has 0 spiro atoms. The molecule has 0 saturated carbocycles. The molecule has 0 aromatic rings. The topological polar surface area (TPSA) is 42.2 Å². The minimum absolute atomic E-state index is 0.448. The molecule has 12 heavy (non-hydrogen) atoms. The highest BCUT2D eigenvalue weighted by atomic mass is 31.2. The normalized spacial score (nSPS) is 12.4. The monoisotopic (exact) mass is 189 g/mol. The summed E-state index contributed by atoms with van der Waals surface area (Å²) in [5.41, 5.74) is 0. The van der Waals surface area contributed by atoms with Crippen LogP contribution in [0.4, 0.5) is 0 Å². The maximum absolute atomic E-state index is 8.23. The van der Waals surface area contributed by atoms with Crippen LogP contribution in [0.15, 0.2) is 0 Å². The highest BCUT2D eigenvalue weighted by Gasteiger charge is 2.00. The summed E-state index contributed by atoms with van der Waals surface area (Å²) in [6.07, 6.45) is 2.67. The van der Waals surface area contributed by atoms with E-state index in [2.05, 4.69) is 6.92 Å². The first kappa shape index (κ1) is 11.8. The first-order valence-corrected chi connectivity index (χ1v) is 5.80. The van der Waals surface area contributed by atoms with E-state index < -0.39 is 8.38 Å². The third-order valence-electron chi connectivity index (χ3n) is 1.26. The van der Waals surface area contributed by atoms with Crippen LogP contribution in [0.1, 0.15) is 26.2 Å². The third-order valence-corrected chi connectivity index (χ3v) is 2.35. The zero-order valence-electron chi connectivity index (χ0n) is 7.75. The third kappa shape index (κ3) is 7.94. The van der Waals surface area contributed by atoms with Gasteiger partial charge in [-0.15, -0.1) is 0 Å². The van der Waals surface area contributed by atoms with Crippen molar-refractivity contribution >= 4 is 8.38 Å². The van der Waals surface area contributed by atoms with Gasteiger partial charge in [-0.2, -0.15) is 5.26 Å². The van der Waals surface area contributed by atoms with Crippen molar-refractivity contribution < 1.29 is 9.05 Å². The Morgan fingerprint density at radius 1 is 1.33 bits per heavy atom. The first-order valence-electron chi connectivity index (χ1n) is 4.17. The van der Waals surface area contributed by atoms with Crippen molar-refractivity contribution in [1.82, 2.24) is 0 Å². The molecule has 4 heteroatoms. The van der Waals surface area contributed by atoms with Gasteiger partial charge in [-0.1, -0.05) is 13.3 Å². The lowest BCUT2D eigenvalue weighted by molar-refractivity contribution is 0.254. The van der Waals surface area contributed by atoms with E-state index in [9.17, 15) is 0 Å². The van der Waals surface area contributed by atoms with Gasteiger partial charge in [-0.3, -0.25) is 0 Å². The molecule has 0 saturated heterocycles. The predicted molar refractivity (Wildman–Crippen MR) is 49.9 cm³/mol. The second-order valence-electron chi connectivity index (χ2n) is 2.37. The minimum Gasteiger partial charge on any atom is -0.334 e. The van der Waals surface area contributed by atoms with E-state index in [1.165, 1.54) is 0 Å². The zero-order chi connectivity index (χ0) is 9.23. The lowest BCUT2D eigenvalue weighted by Crippen LogP contribution is -1.93. The molecule has 1 atom stereocenters. The maximum atomic E-state index is 8.23. The average molecular weight is 189 g/mol. The van der Waals surface area contributed by atoms with Crippen molar-refractivity contribution in [2.24, 2.45) is 0 Å². The number of nitriles is 1. The van der Waals surface area contributed by atoms with Crippen LogP contribution in [0.25, 0.3) is 0 Å². The Morgan fingerprint density at radius 2 is 2.00 bits per heavy atom. The van der Waals surface area contributed by atoms with E-state index in [1.807, 2.05) is 12.7 Å². The van der Waals surface area contributed by atoms with E-state index in [-0.39, 0.29) is 0 Å². The van der Waals surface area contributed by atoms with Crippen LogP contribution in [0, 0.1) is 11.3 Å². The van der Waals surface area contributed by atoms with Crippen LogP contribution in [-0.4, -0.2) is 19.9 Å². The van der Waals surface area contributed by atoms with Crippen LogP contribution in [0.2, 0.25) is 0 Å². The molecule has 0 fully saturated rings. The molecular formula is C8H16NO2P. The van der Waals surface area contributed by atoms with Gasteiger partial charge in [0.05, 0.1) is 25.7 Å². The molecule has 0 heterocycles. The van der Waals surface area contributed by atoms with Crippen molar-refractivity contribution in [2.75, 3.05) is 19.9 Å². The minimum atomic E-state index is -0.755. The zero-order valence-corrected chi connectivity index (χ0v) is 8.64. The summed E-state index contributed by atoms with van der Waals surface area (Å²) in [7, 11) is -0.755. The van der Waals surface area contributed by atoms with Gasteiger partial charge >= 0.3 is 0 Å². The van der Waals surface area contributed by atoms with Gasteiger partial charge in [0.15, 0.2) is 8.38 Å². The highest BCUT2D eigenvalue weighted by molar-refractivity contribution is 7.46. The molecule has 0 aliphatic carbocycles. The van der Waals surface area contributed by atoms with Gasteiger partial charge < -0.3 is 9.05 Å². The molecule has 0 aliphatic rings. The lowest BCUT2D eigenvalue weighted by atomic mass is 10.4. The van der Waals surface area contributed by atoms with E-state index in [0.29, 0.717) is 13.0 Å². The summed E-state index contributed by atoms with van der Waals surface area (Å²) < 4.78 is 10.6. The second-order valence-corrected chi connectivity index (χ2v) is 3.76. The van der Waals surface area contributed by atoms with Crippen molar-refractivity contribution in [3.8, 4) is 6.07 Å². The maximum Gasteiger partial charge on any atom is 0.167 e. The summed E-state index contributed by atoms with van der Waals surface area (Å²) in [4.78, 5) is 0. The fourth-order valence-electron chi connectivity index (χ4n) is 0.595. The second kappa shape index (κ2) is 8.93. The van der Waals surface area contributed by atoms with Crippen molar-refractivity contribution in [2.45, 2.75) is 26.2 Å². The standard InChI is InChI=1S/C8H16NO2P/c1-3-4-7-10-12(2)11-8-5-6-9/h3-5,7-8H2,1-2H3. The van der Waals surface area contributed by atoms with Crippen molar-refractivity contribution in [3.05, 3.63) is 0 Å². The summed E-state index contributed by atoms with van der Waals surface area (Å²) in [6.45, 7) is 5.30. The molecule has 0 bridgehead atoms. The molecule has 0 N–H and O–H groups in total. The molecule has 0 aromatic heterocycles. The van der Waals surface area contributed by atoms with Crippen LogP contribution in [-0.2, 0) is 9.05 Å². The Bertz CT molecular complexity index is 136. The van der Waals surface area contributed by atoms with E-state index >= 15 is 0 Å². The van der Waals surface area contributed by atoms with E-state index in [0.717, 1.165) is 19.4 Å². The Hall–Kier alpha value is -0.160. The molecule has 1 unspecified atom stereocenters.